The van der Waals surface area contributed by atoms with Crippen LogP contribution in [0, 0.1) is 0 Å². The van der Waals surface area contributed by atoms with Crippen molar-refractivity contribution in [2.75, 3.05) is 6.54 Å². The van der Waals surface area contributed by atoms with Crippen LogP contribution in [0.4, 0.5) is 0 Å². The molecule has 0 amide bonds. The van der Waals surface area contributed by atoms with Gasteiger partial charge in [-0.25, -0.2) is 9.97 Å². The maximum atomic E-state index is 9.47. The van der Waals surface area contributed by atoms with Crippen LogP contribution in [0.2, 0.25) is 0 Å². The molecule has 0 saturated carbocycles. The third-order valence-electron chi connectivity index (χ3n) is 1.89. The van der Waals surface area contributed by atoms with E-state index in [0.717, 1.165) is 4.60 Å². The highest BCUT2D eigenvalue weighted by Gasteiger charge is 2.09. The van der Waals surface area contributed by atoms with Crippen molar-refractivity contribution in [1.82, 2.24) is 14.4 Å². The van der Waals surface area contributed by atoms with E-state index in [0.29, 0.717) is 11.3 Å². The minimum atomic E-state index is -0.714. The summed E-state index contributed by atoms with van der Waals surface area (Å²) in [5.74, 6) is 0. The zero-order chi connectivity index (χ0) is 10.1. The summed E-state index contributed by atoms with van der Waals surface area (Å²) in [6.45, 7) is 0.165. The fourth-order valence-corrected chi connectivity index (χ4v) is 1.50. The summed E-state index contributed by atoms with van der Waals surface area (Å²) in [7, 11) is 0. The molecule has 74 valence electrons. The zero-order valence-corrected chi connectivity index (χ0v) is 8.85. The summed E-state index contributed by atoms with van der Waals surface area (Å²) < 4.78 is 2.50. The monoisotopic (exact) mass is 256 g/mol. The van der Waals surface area contributed by atoms with Crippen molar-refractivity contribution in [3.8, 4) is 0 Å². The number of nitrogens with zero attached hydrogens (tertiary/aromatic N) is 3. The van der Waals surface area contributed by atoms with Crippen LogP contribution in [0.3, 0.4) is 0 Å². The minimum Gasteiger partial charge on any atom is -0.385 e. The highest BCUT2D eigenvalue weighted by molar-refractivity contribution is 9.10. The highest BCUT2D eigenvalue weighted by Crippen LogP contribution is 2.13. The van der Waals surface area contributed by atoms with E-state index in [9.17, 15) is 5.11 Å². The molecule has 2 rings (SSSR count). The number of hydrogen-bond acceptors (Lipinski definition) is 4. The molecule has 0 saturated heterocycles. The van der Waals surface area contributed by atoms with Gasteiger partial charge in [-0.3, -0.25) is 0 Å². The molecule has 14 heavy (non-hydrogen) atoms. The van der Waals surface area contributed by atoms with E-state index in [1.165, 1.54) is 0 Å². The van der Waals surface area contributed by atoms with Crippen molar-refractivity contribution >= 4 is 21.6 Å². The standard InChI is InChI=1S/C8H9BrN4O/c9-7-4-13-3-5(6(14)1-10)12-8(13)2-11-7/h2-4,6,14H,1,10H2. The minimum absolute atomic E-state index is 0.165. The first-order valence-electron chi connectivity index (χ1n) is 4.09. The molecule has 0 aliphatic rings. The van der Waals surface area contributed by atoms with Crippen LogP contribution < -0.4 is 5.73 Å². The maximum Gasteiger partial charge on any atom is 0.155 e. The van der Waals surface area contributed by atoms with Gasteiger partial charge < -0.3 is 15.2 Å². The molecule has 1 unspecified atom stereocenters. The van der Waals surface area contributed by atoms with Crippen LogP contribution in [0.25, 0.3) is 5.65 Å². The molecule has 0 bridgehead atoms. The first-order valence-corrected chi connectivity index (χ1v) is 4.88. The van der Waals surface area contributed by atoms with Gasteiger partial charge in [0.15, 0.2) is 5.65 Å². The van der Waals surface area contributed by atoms with Gasteiger partial charge in [-0.1, -0.05) is 0 Å². The predicted molar refractivity (Wildman–Crippen MR) is 54.7 cm³/mol. The van der Waals surface area contributed by atoms with Crippen molar-refractivity contribution < 1.29 is 5.11 Å². The fraction of sp³-hybridized carbons (Fsp3) is 0.250. The molecule has 0 aliphatic heterocycles. The third kappa shape index (κ3) is 1.63. The molecule has 5 nitrogen and oxygen atoms in total. The van der Waals surface area contributed by atoms with Gasteiger partial charge in [0.2, 0.25) is 0 Å². The Morgan fingerprint density at radius 2 is 2.36 bits per heavy atom. The fourth-order valence-electron chi connectivity index (χ4n) is 1.18. The van der Waals surface area contributed by atoms with E-state index < -0.39 is 6.10 Å². The normalized spacial score (nSPS) is 13.4. The van der Waals surface area contributed by atoms with Crippen molar-refractivity contribution in [3.05, 3.63) is 28.9 Å². The van der Waals surface area contributed by atoms with E-state index >= 15 is 0 Å². The molecular weight excluding hydrogens is 248 g/mol. The molecule has 6 heteroatoms. The second kappa shape index (κ2) is 3.64. The zero-order valence-electron chi connectivity index (χ0n) is 7.26. The summed E-state index contributed by atoms with van der Waals surface area (Å²) in [5, 5.41) is 9.47. The Morgan fingerprint density at radius 3 is 3.07 bits per heavy atom. The van der Waals surface area contributed by atoms with Crippen LogP contribution in [0.1, 0.15) is 11.8 Å². The molecule has 2 aromatic rings. The van der Waals surface area contributed by atoms with Gasteiger partial charge in [0, 0.05) is 18.9 Å². The number of fused-ring (bicyclic) bond motifs is 1. The molecule has 2 aromatic heterocycles. The maximum absolute atomic E-state index is 9.47. The van der Waals surface area contributed by atoms with E-state index in [-0.39, 0.29) is 6.54 Å². The van der Waals surface area contributed by atoms with E-state index in [1.807, 2.05) is 0 Å². The number of aliphatic hydroxyl groups excluding tert-OH is 1. The first-order chi connectivity index (χ1) is 6.70. The number of hydrogen-bond donors (Lipinski definition) is 2. The summed E-state index contributed by atoms with van der Waals surface area (Å²) >= 11 is 3.25. The summed E-state index contributed by atoms with van der Waals surface area (Å²) in [6.07, 6.45) is 4.42. The number of rotatable bonds is 2. The SMILES string of the molecule is NCC(O)c1cn2cc(Br)ncc2n1. The van der Waals surface area contributed by atoms with E-state index in [2.05, 4.69) is 25.9 Å². The van der Waals surface area contributed by atoms with E-state index in [1.54, 1.807) is 23.0 Å². The summed E-state index contributed by atoms with van der Waals surface area (Å²) in [4.78, 5) is 8.20. The molecule has 2 heterocycles. The number of nitrogens with two attached hydrogens (primary N) is 1. The van der Waals surface area contributed by atoms with Gasteiger partial charge in [-0.15, -0.1) is 0 Å². The smallest absolute Gasteiger partial charge is 0.155 e. The molecular formula is C8H9BrN4O. The second-order valence-corrected chi connectivity index (χ2v) is 3.71. The van der Waals surface area contributed by atoms with Crippen molar-refractivity contribution in [2.45, 2.75) is 6.10 Å². The molecule has 0 spiro atoms. The Kier molecular flexibility index (Phi) is 2.49. The van der Waals surface area contributed by atoms with Crippen LogP contribution in [-0.2, 0) is 0 Å². The average Bonchev–Trinajstić information content (AvgIpc) is 2.59. The molecule has 0 fully saturated rings. The van der Waals surface area contributed by atoms with Crippen molar-refractivity contribution in [2.24, 2.45) is 5.73 Å². The Bertz CT molecular complexity index is 456. The van der Waals surface area contributed by atoms with Gasteiger partial charge >= 0.3 is 0 Å². The highest BCUT2D eigenvalue weighted by atomic mass is 79.9. The van der Waals surface area contributed by atoms with Gasteiger partial charge in [0.25, 0.3) is 0 Å². The summed E-state index contributed by atoms with van der Waals surface area (Å²) in [5.41, 5.74) is 6.58. The van der Waals surface area contributed by atoms with Gasteiger partial charge in [-0.05, 0) is 15.9 Å². The Labute approximate surface area is 88.7 Å². The average molecular weight is 257 g/mol. The van der Waals surface area contributed by atoms with Gasteiger partial charge in [-0.2, -0.15) is 0 Å². The van der Waals surface area contributed by atoms with Crippen molar-refractivity contribution in [3.63, 3.8) is 0 Å². The number of halogens is 1. The molecule has 0 aromatic carbocycles. The molecule has 3 N–H and O–H groups in total. The first kappa shape index (κ1) is 9.57. The molecule has 1 atom stereocenters. The number of imidazole rings is 1. The lowest BCUT2D eigenvalue weighted by atomic mass is 10.3. The van der Waals surface area contributed by atoms with Crippen LogP contribution in [0.5, 0.6) is 0 Å². The van der Waals surface area contributed by atoms with Crippen LogP contribution in [0.15, 0.2) is 23.2 Å². The number of aromatic nitrogens is 3. The largest absolute Gasteiger partial charge is 0.385 e. The summed E-state index contributed by atoms with van der Waals surface area (Å²) in [6, 6.07) is 0. The van der Waals surface area contributed by atoms with Crippen LogP contribution >= 0.6 is 15.9 Å². The topological polar surface area (TPSA) is 76.4 Å². The number of aliphatic hydroxyl groups is 1. The lowest BCUT2D eigenvalue weighted by Crippen LogP contribution is -2.11. The van der Waals surface area contributed by atoms with Crippen LogP contribution in [-0.4, -0.2) is 26.0 Å². The van der Waals surface area contributed by atoms with E-state index in [4.69, 9.17) is 5.73 Å². The molecule has 0 aliphatic carbocycles. The van der Waals surface area contributed by atoms with Crippen molar-refractivity contribution in [1.29, 1.82) is 0 Å². The lowest BCUT2D eigenvalue weighted by molar-refractivity contribution is 0.182. The Balaban J connectivity index is 2.51. The lowest BCUT2D eigenvalue weighted by Gasteiger charge is -2.00. The Morgan fingerprint density at radius 1 is 1.57 bits per heavy atom. The quantitative estimate of drug-likeness (QED) is 0.820. The second-order valence-electron chi connectivity index (χ2n) is 2.89. The van der Waals surface area contributed by atoms with Gasteiger partial charge in [0.1, 0.15) is 10.7 Å². The molecule has 0 radical (unpaired) electrons. The third-order valence-corrected chi connectivity index (χ3v) is 2.30. The Hall–Kier alpha value is -0.980. The van der Waals surface area contributed by atoms with Gasteiger partial charge in [0.05, 0.1) is 11.9 Å². The predicted octanol–water partition coefficient (Wildman–Crippen LogP) is 0.484.